The molecule has 2 aromatic heterocycles. The molecule has 2 aromatic rings. The number of likely N-dealkylation sites (tertiary alicyclic amines) is 1. The van der Waals surface area contributed by atoms with Crippen molar-refractivity contribution >= 4 is 17.2 Å². The first kappa shape index (κ1) is 16.5. The Morgan fingerprint density at radius 3 is 2.68 bits per heavy atom. The molecule has 1 saturated heterocycles. The Kier molecular flexibility index (Phi) is 4.43. The van der Waals surface area contributed by atoms with Gasteiger partial charge in [-0.15, -0.1) is 11.3 Å². The van der Waals surface area contributed by atoms with Gasteiger partial charge in [0.05, 0.1) is 6.10 Å². The number of H-pyrrole nitrogens is 1. The molecule has 0 radical (unpaired) electrons. The molecule has 0 spiro atoms. The first-order chi connectivity index (χ1) is 12.1. The zero-order chi connectivity index (χ0) is 17.4. The monoisotopic (exact) mass is 359 g/mol. The number of piperidine rings is 1. The van der Waals surface area contributed by atoms with Crippen LogP contribution in [-0.4, -0.2) is 39.0 Å². The quantitative estimate of drug-likeness (QED) is 0.877. The number of thiophene rings is 1. The summed E-state index contributed by atoms with van der Waals surface area (Å²) in [7, 11) is 0. The standard InChI is InChI=1S/C18H21N3O3S/c22-15(14-2-1-9-25-14)11-5-7-21(8-6-11)18(24)13-10-19-16(12-3-4-12)20-17(13)23/h1-2,9-12,15,22H,3-8H2,(H,19,20,23). The van der Waals surface area contributed by atoms with E-state index in [0.29, 0.717) is 24.8 Å². The molecular weight excluding hydrogens is 338 g/mol. The highest BCUT2D eigenvalue weighted by atomic mass is 32.1. The maximum absolute atomic E-state index is 12.6. The van der Waals surface area contributed by atoms with E-state index in [2.05, 4.69) is 9.97 Å². The van der Waals surface area contributed by atoms with Crippen LogP contribution in [0.2, 0.25) is 0 Å². The molecule has 132 valence electrons. The highest BCUT2D eigenvalue weighted by Gasteiger charge is 2.31. The molecule has 1 aliphatic carbocycles. The molecule has 0 aromatic carbocycles. The van der Waals surface area contributed by atoms with Crippen LogP contribution >= 0.6 is 11.3 Å². The fraction of sp³-hybridized carbons (Fsp3) is 0.500. The first-order valence-electron chi connectivity index (χ1n) is 8.73. The minimum absolute atomic E-state index is 0.113. The molecule has 1 amide bonds. The largest absolute Gasteiger partial charge is 0.387 e. The molecule has 0 bridgehead atoms. The predicted octanol–water partition coefficient (Wildman–Crippen LogP) is 2.29. The van der Waals surface area contributed by atoms with E-state index in [1.165, 1.54) is 6.20 Å². The maximum atomic E-state index is 12.6. The van der Waals surface area contributed by atoms with E-state index in [4.69, 9.17) is 0 Å². The van der Waals surface area contributed by atoms with E-state index < -0.39 is 6.10 Å². The van der Waals surface area contributed by atoms with Gasteiger partial charge in [0.25, 0.3) is 11.5 Å². The van der Waals surface area contributed by atoms with Crippen LogP contribution in [0.15, 0.2) is 28.5 Å². The number of carbonyl (C=O) groups is 1. The number of aliphatic hydroxyl groups excluding tert-OH is 1. The molecule has 25 heavy (non-hydrogen) atoms. The topological polar surface area (TPSA) is 86.3 Å². The van der Waals surface area contributed by atoms with Crippen LogP contribution in [0, 0.1) is 5.92 Å². The third kappa shape index (κ3) is 3.39. The third-order valence-corrected chi connectivity index (χ3v) is 6.06. The summed E-state index contributed by atoms with van der Waals surface area (Å²) < 4.78 is 0. The summed E-state index contributed by atoms with van der Waals surface area (Å²) in [5.74, 6) is 0.933. The molecule has 1 atom stereocenters. The molecule has 1 saturated carbocycles. The van der Waals surface area contributed by atoms with Gasteiger partial charge in [-0.2, -0.15) is 0 Å². The van der Waals surface area contributed by atoms with Crippen molar-refractivity contribution in [3.8, 4) is 0 Å². The second kappa shape index (κ2) is 6.72. The minimum atomic E-state index is -0.472. The molecule has 2 fully saturated rings. The van der Waals surface area contributed by atoms with Gasteiger partial charge in [-0.25, -0.2) is 4.98 Å². The van der Waals surface area contributed by atoms with Crippen LogP contribution in [0.3, 0.4) is 0 Å². The van der Waals surface area contributed by atoms with Crippen molar-refractivity contribution in [3.63, 3.8) is 0 Å². The molecular formula is C18H21N3O3S. The number of aromatic amines is 1. The van der Waals surface area contributed by atoms with Crippen molar-refractivity contribution in [2.24, 2.45) is 5.92 Å². The zero-order valence-corrected chi connectivity index (χ0v) is 14.7. The number of rotatable bonds is 4. The lowest BCUT2D eigenvalue weighted by Crippen LogP contribution is -2.41. The van der Waals surface area contributed by atoms with E-state index in [0.717, 1.165) is 30.6 Å². The van der Waals surface area contributed by atoms with Gasteiger partial charge in [0.2, 0.25) is 0 Å². The second-order valence-electron chi connectivity index (χ2n) is 6.88. The highest BCUT2D eigenvalue weighted by Crippen LogP contribution is 2.37. The van der Waals surface area contributed by atoms with E-state index in [-0.39, 0.29) is 22.9 Å². The van der Waals surface area contributed by atoms with Gasteiger partial charge in [-0.1, -0.05) is 6.07 Å². The summed E-state index contributed by atoms with van der Waals surface area (Å²) in [5, 5.41) is 12.4. The van der Waals surface area contributed by atoms with E-state index in [9.17, 15) is 14.7 Å². The molecule has 1 aliphatic heterocycles. The molecule has 7 heteroatoms. The second-order valence-corrected chi connectivity index (χ2v) is 7.85. The smallest absolute Gasteiger partial charge is 0.263 e. The summed E-state index contributed by atoms with van der Waals surface area (Å²) in [6.45, 7) is 1.10. The fourth-order valence-corrected chi connectivity index (χ4v) is 4.21. The Hall–Kier alpha value is -1.99. The molecule has 4 rings (SSSR count). The van der Waals surface area contributed by atoms with Gasteiger partial charge in [0, 0.05) is 30.1 Å². The summed E-state index contributed by atoms with van der Waals surface area (Å²) in [6.07, 6.45) is 4.51. The van der Waals surface area contributed by atoms with Gasteiger partial charge in [0.15, 0.2) is 0 Å². The summed E-state index contributed by atoms with van der Waals surface area (Å²) in [6, 6.07) is 3.88. The lowest BCUT2D eigenvalue weighted by Gasteiger charge is -2.33. The number of carbonyl (C=O) groups excluding carboxylic acids is 1. The van der Waals surface area contributed by atoms with Gasteiger partial charge in [0.1, 0.15) is 11.4 Å². The van der Waals surface area contributed by atoms with E-state index in [1.807, 2.05) is 17.5 Å². The van der Waals surface area contributed by atoms with Crippen molar-refractivity contribution in [1.82, 2.24) is 14.9 Å². The Balaban J connectivity index is 1.40. The van der Waals surface area contributed by atoms with Crippen molar-refractivity contribution < 1.29 is 9.90 Å². The van der Waals surface area contributed by atoms with Crippen molar-refractivity contribution in [2.45, 2.75) is 37.7 Å². The number of hydrogen-bond donors (Lipinski definition) is 2. The Bertz CT molecular complexity index is 805. The normalized spacial score (nSPS) is 19.8. The number of nitrogens with zero attached hydrogens (tertiary/aromatic N) is 2. The van der Waals surface area contributed by atoms with Gasteiger partial charge < -0.3 is 15.0 Å². The van der Waals surface area contributed by atoms with Crippen LogP contribution in [0.1, 0.15) is 58.8 Å². The Morgan fingerprint density at radius 1 is 1.32 bits per heavy atom. The Morgan fingerprint density at radius 2 is 2.08 bits per heavy atom. The summed E-state index contributed by atoms with van der Waals surface area (Å²) in [4.78, 5) is 34.5. The lowest BCUT2D eigenvalue weighted by atomic mass is 9.90. The molecule has 2 N–H and O–H groups in total. The van der Waals surface area contributed by atoms with Gasteiger partial charge in [-0.05, 0) is 43.0 Å². The first-order valence-corrected chi connectivity index (χ1v) is 9.61. The lowest BCUT2D eigenvalue weighted by molar-refractivity contribution is 0.0472. The number of amides is 1. The van der Waals surface area contributed by atoms with Crippen molar-refractivity contribution in [2.75, 3.05) is 13.1 Å². The van der Waals surface area contributed by atoms with Gasteiger partial charge in [-0.3, -0.25) is 9.59 Å². The third-order valence-electron chi connectivity index (χ3n) is 5.12. The molecule has 1 unspecified atom stereocenters. The van der Waals surface area contributed by atoms with E-state index >= 15 is 0 Å². The van der Waals surface area contributed by atoms with Crippen LogP contribution in [0.5, 0.6) is 0 Å². The van der Waals surface area contributed by atoms with Crippen LogP contribution in [-0.2, 0) is 0 Å². The minimum Gasteiger partial charge on any atom is -0.387 e. The maximum Gasteiger partial charge on any atom is 0.263 e. The highest BCUT2D eigenvalue weighted by molar-refractivity contribution is 7.10. The zero-order valence-electron chi connectivity index (χ0n) is 13.9. The van der Waals surface area contributed by atoms with Crippen LogP contribution < -0.4 is 5.56 Å². The van der Waals surface area contributed by atoms with E-state index in [1.54, 1.807) is 16.2 Å². The number of aliphatic hydroxyl groups is 1. The Labute approximate surface area is 149 Å². The van der Waals surface area contributed by atoms with Crippen molar-refractivity contribution in [3.05, 3.63) is 50.3 Å². The number of nitrogens with one attached hydrogen (secondary N) is 1. The number of hydrogen-bond acceptors (Lipinski definition) is 5. The summed E-state index contributed by atoms with van der Waals surface area (Å²) >= 11 is 1.56. The van der Waals surface area contributed by atoms with Crippen LogP contribution in [0.25, 0.3) is 0 Å². The molecule has 2 aliphatic rings. The average Bonchev–Trinajstić information content (AvgIpc) is 3.35. The average molecular weight is 359 g/mol. The SMILES string of the molecule is O=C(c1cnc(C2CC2)[nH]c1=O)N1CCC(C(O)c2cccs2)CC1. The summed E-state index contributed by atoms with van der Waals surface area (Å²) in [5.41, 5.74) is -0.232. The van der Waals surface area contributed by atoms with Gasteiger partial charge >= 0.3 is 0 Å². The molecule has 6 nitrogen and oxygen atoms in total. The van der Waals surface area contributed by atoms with Crippen LogP contribution in [0.4, 0.5) is 0 Å². The number of aromatic nitrogens is 2. The van der Waals surface area contributed by atoms with Crippen molar-refractivity contribution in [1.29, 1.82) is 0 Å². The molecule has 3 heterocycles. The predicted molar refractivity (Wildman–Crippen MR) is 94.7 cm³/mol. The fourth-order valence-electron chi connectivity index (χ4n) is 3.41.